The zero-order valence-electron chi connectivity index (χ0n) is 44.4. The largest absolute Gasteiger partial charge is 0.383 e. The number of carbonyl (C=O) groups excluding carboxylic acids is 8. The first-order valence-corrected chi connectivity index (χ1v) is 26.8. The van der Waals surface area contributed by atoms with E-state index in [2.05, 4.69) is 47.2 Å². The molecule has 24 heteroatoms. The molecule has 2 aliphatic heterocycles. The Bertz CT molecular complexity index is 3220. The SMILES string of the molecule is CCCC[C@H](NC(=O)[C@@H]1CCCN1C(=O)[C@H]1CCCN1C(=O)[C@H](Cc1ccccc1)NC(=O)[C@@H](Cc1c[nH]c2ccccc12)NC(=O)[C@H](C)NC(=O)[C@H](CCNc1ccc([N+](=O)[O-])c2nonc12)NC(=O)c1ccccc1)C(N)=O. The van der Waals surface area contributed by atoms with Crippen LogP contribution >= 0.6 is 0 Å². The standard InChI is InChI=1S/C56H65N13O11/c1-3-4-20-40(49(57)70)61-54(75)45-22-13-28-67(45)56(77)46-23-14-29-68(46)55(76)43(30-34-15-7-5-8-16-34)64-53(74)42(31-36-32-59-38-21-12-11-19-37(36)38)63-50(71)33(2)60-52(73)41(62-51(72)35-17-9-6-10-18-35)26-27-58-39-24-25-44(69(78)79)48-47(39)65-80-66-48/h5-12,15-19,21,24-25,32-33,40-43,45-46,58-59H,3-4,13-14,20,22-23,26-31H2,1-2H3,(H2,57,70)(H,60,73)(H,61,75)(H,62,72)(H,63,71)(H,64,74)/t33-,40-,41-,42+,43-,45-,46+/m0/s1. The molecule has 8 amide bonds. The molecule has 24 nitrogen and oxygen atoms in total. The molecule has 8 rings (SSSR count). The molecular formula is C56H65N13O11. The van der Waals surface area contributed by atoms with Gasteiger partial charge >= 0.3 is 5.69 Å². The minimum absolute atomic E-state index is 0.0134. The molecule has 2 fully saturated rings. The van der Waals surface area contributed by atoms with Crippen LogP contribution < -0.4 is 37.6 Å². The van der Waals surface area contributed by atoms with Crippen LogP contribution in [0.15, 0.2) is 108 Å². The number of fused-ring (bicyclic) bond motifs is 2. The first-order valence-electron chi connectivity index (χ1n) is 26.8. The third kappa shape index (κ3) is 13.7. The summed E-state index contributed by atoms with van der Waals surface area (Å²) in [5, 5.41) is 36.8. The smallest absolute Gasteiger partial charge is 0.300 e. The second-order valence-electron chi connectivity index (χ2n) is 20.0. The summed E-state index contributed by atoms with van der Waals surface area (Å²) in [5.41, 5.74) is 7.98. The molecule has 4 aromatic carbocycles. The zero-order valence-corrected chi connectivity index (χ0v) is 44.4. The lowest BCUT2D eigenvalue weighted by molar-refractivity contribution is -0.383. The number of aromatic nitrogens is 3. The number of nitrogens with two attached hydrogens (primary N) is 1. The predicted molar refractivity (Wildman–Crippen MR) is 293 cm³/mol. The lowest BCUT2D eigenvalue weighted by Crippen LogP contribution is -2.60. The van der Waals surface area contributed by atoms with Crippen molar-refractivity contribution in [3.63, 3.8) is 0 Å². The highest BCUT2D eigenvalue weighted by molar-refractivity contribution is 6.00. The summed E-state index contributed by atoms with van der Waals surface area (Å²) < 4.78 is 4.77. The Morgan fingerprint density at radius 1 is 0.725 bits per heavy atom. The van der Waals surface area contributed by atoms with E-state index in [1.807, 2.05) is 37.3 Å². The van der Waals surface area contributed by atoms with Gasteiger partial charge in [-0.25, -0.2) is 4.63 Å². The number of aromatic amines is 1. The number of unbranched alkanes of at least 4 members (excludes halogenated alkanes) is 1. The van der Waals surface area contributed by atoms with Crippen LogP contribution in [-0.4, -0.2) is 139 Å². The number of anilines is 1. The van der Waals surface area contributed by atoms with Crippen LogP contribution in [0.5, 0.6) is 0 Å². The quantitative estimate of drug-likeness (QED) is 0.0301. The summed E-state index contributed by atoms with van der Waals surface area (Å²) in [6, 6.07) is 19.3. The maximum Gasteiger partial charge on any atom is 0.300 e. The summed E-state index contributed by atoms with van der Waals surface area (Å²) >= 11 is 0. The van der Waals surface area contributed by atoms with Gasteiger partial charge in [0.25, 0.3) is 5.91 Å². The van der Waals surface area contributed by atoms with Gasteiger partial charge in [-0.2, -0.15) is 0 Å². The number of non-ortho nitro benzene ring substituents is 1. The maximum atomic E-state index is 15.0. The van der Waals surface area contributed by atoms with Crippen LogP contribution in [0.4, 0.5) is 11.4 Å². The van der Waals surface area contributed by atoms with Gasteiger partial charge in [0.05, 0.1) is 10.6 Å². The van der Waals surface area contributed by atoms with Gasteiger partial charge in [0, 0.05) is 61.2 Å². The lowest BCUT2D eigenvalue weighted by Gasteiger charge is -2.33. The van der Waals surface area contributed by atoms with E-state index in [-0.39, 0.29) is 61.2 Å². The summed E-state index contributed by atoms with van der Waals surface area (Å²) in [6.07, 6.45) is 5.09. The van der Waals surface area contributed by atoms with Crippen LogP contribution in [0.2, 0.25) is 0 Å². The number of benzene rings is 4. The number of amides is 8. The number of rotatable bonds is 25. The van der Waals surface area contributed by atoms with Crippen LogP contribution in [0.25, 0.3) is 21.9 Å². The van der Waals surface area contributed by atoms with E-state index >= 15 is 0 Å². The number of para-hydroxylation sites is 1. The molecule has 420 valence electrons. The number of H-pyrrole nitrogens is 1. The highest BCUT2D eigenvalue weighted by Gasteiger charge is 2.44. The number of nitro groups is 1. The second kappa shape index (κ2) is 26.4. The molecule has 0 unspecified atom stereocenters. The molecule has 7 atom stereocenters. The average Bonchev–Trinajstić information content (AvgIpc) is 4.36. The Morgan fingerprint density at radius 3 is 2.11 bits per heavy atom. The number of hydrogen-bond donors (Lipinski definition) is 8. The van der Waals surface area contributed by atoms with Crippen molar-refractivity contribution in [1.82, 2.24) is 51.7 Å². The fraction of sp³-hybridized carbons (Fsp3) is 0.393. The Balaban J connectivity index is 1.00. The average molecular weight is 1100 g/mol. The van der Waals surface area contributed by atoms with Crippen LogP contribution in [0, 0.1) is 10.1 Å². The molecule has 2 aromatic heterocycles. The summed E-state index contributed by atoms with van der Waals surface area (Å²) in [5.74, 6) is -4.96. The third-order valence-electron chi connectivity index (χ3n) is 14.5. The van der Waals surface area contributed by atoms with Crippen molar-refractivity contribution in [2.45, 2.75) is 120 Å². The summed E-state index contributed by atoms with van der Waals surface area (Å²) in [6.45, 7) is 3.84. The molecule has 2 aliphatic rings. The first-order chi connectivity index (χ1) is 38.6. The molecule has 0 aliphatic carbocycles. The molecule has 4 heterocycles. The van der Waals surface area contributed by atoms with Crippen LogP contribution in [-0.2, 0) is 46.4 Å². The number of nitro benzene ring substituents is 1. The monoisotopic (exact) mass is 1100 g/mol. The van der Waals surface area contributed by atoms with Gasteiger partial charge in [0.2, 0.25) is 46.9 Å². The van der Waals surface area contributed by atoms with Gasteiger partial charge in [0.15, 0.2) is 5.52 Å². The van der Waals surface area contributed by atoms with Crippen molar-refractivity contribution in [1.29, 1.82) is 0 Å². The Hall–Kier alpha value is -9.22. The Kier molecular flexibility index (Phi) is 18.8. The molecule has 0 radical (unpaired) electrons. The predicted octanol–water partition coefficient (Wildman–Crippen LogP) is 3.31. The van der Waals surface area contributed by atoms with Crippen molar-refractivity contribution in [3.05, 3.63) is 130 Å². The van der Waals surface area contributed by atoms with Gasteiger partial charge in [-0.05, 0) is 91.2 Å². The van der Waals surface area contributed by atoms with E-state index in [0.717, 1.165) is 17.3 Å². The van der Waals surface area contributed by atoms with E-state index in [1.54, 1.807) is 60.8 Å². The fourth-order valence-corrected chi connectivity index (χ4v) is 10.3. The van der Waals surface area contributed by atoms with Gasteiger partial charge in [-0.1, -0.05) is 86.5 Å². The highest BCUT2D eigenvalue weighted by atomic mass is 16.6. The van der Waals surface area contributed by atoms with Crippen LogP contribution in [0.1, 0.15) is 86.7 Å². The van der Waals surface area contributed by atoms with Crippen molar-refractivity contribution < 1.29 is 47.9 Å². The normalized spacial score (nSPS) is 16.9. The molecule has 2 saturated heterocycles. The molecule has 0 spiro atoms. The highest BCUT2D eigenvalue weighted by Crippen LogP contribution is 2.30. The molecular weight excluding hydrogens is 1030 g/mol. The van der Waals surface area contributed by atoms with E-state index in [4.69, 9.17) is 10.4 Å². The summed E-state index contributed by atoms with van der Waals surface area (Å²) in [7, 11) is 0. The second-order valence-corrected chi connectivity index (χ2v) is 20.0. The lowest BCUT2D eigenvalue weighted by atomic mass is 10.0. The minimum atomic E-state index is -1.34. The third-order valence-corrected chi connectivity index (χ3v) is 14.5. The number of primary amides is 1. The first kappa shape index (κ1) is 57.0. The molecule has 9 N–H and O–H groups in total. The van der Waals surface area contributed by atoms with Gasteiger partial charge in [-0.15, -0.1) is 0 Å². The number of nitrogens with one attached hydrogen (secondary N) is 7. The molecule has 0 saturated carbocycles. The van der Waals surface area contributed by atoms with Crippen molar-refractivity contribution in [3.8, 4) is 0 Å². The number of hydrogen-bond acceptors (Lipinski definition) is 14. The van der Waals surface area contributed by atoms with Gasteiger partial charge in [-0.3, -0.25) is 48.5 Å². The van der Waals surface area contributed by atoms with Crippen LogP contribution in [0.3, 0.4) is 0 Å². The number of carbonyl (C=O) groups is 8. The molecule has 80 heavy (non-hydrogen) atoms. The van der Waals surface area contributed by atoms with E-state index in [1.165, 1.54) is 28.9 Å². The van der Waals surface area contributed by atoms with E-state index in [9.17, 15) is 48.5 Å². The van der Waals surface area contributed by atoms with E-state index in [0.29, 0.717) is 55.3 Å². The van der Waals surface area contributed by atoms with Crippen molar-refractivity contribution >= 4 is 80.6 Å². The fourth-order valence-electron chi connectivity index (χ4n) is 10.3. The summed E-state index contributed by atoms with van der Waals surface area (Å²) in [4.78, 5) is 129. The minimum Gasteiger partial charge on any atom is -0.383 e. The molecule has 6 aromatic rings. The van der Waals surface area contributed by atoms with Gasteiger partial charge in [0.1, 0.15) is 42.3 Å². The number of nitrogens with zero attached hydrogens (tertiary/aromatic N) is 5. The Morgan fingerprint density at radius 2 is 1.39 bits per heavy atom. The van der Waals surface area contributed by atoms with Gasteiger partial charge < -0.3 is 52.4 Å². The van der Waals surface area contributed by atoms with Crippen molar-refractivity contribution in [2.24, 2.45) is 5.73 Å². The number of likely N-dealkylation sites (tertiary alicyclic amines) is 2. The topological polar surface area (TPSA) is 339 Å². The molecule has 0 bridgehead atoms. The zero-order chi connectivity index (χ0) is 56.9. The Labute approximate surface area is 459 Å². The van der Waals surface area contributed by atoms with E-state index < -0.39 is 94.5 Å². The van der Waals surface area contributed by atoms with Crippen molar-refractivity contribution in [2.75, 3.05) is 25.0 Å². The maximum absolute atomic E-state index is 15.0.